The Labute approximate surface area is 214 Å². The van der Waals surface area contributed by atoms with Crippen molar-refractivity contribution < 1.29 is 19.1 Å². The lowest BCUT2D eigenvalue weighted by atomic mass is 9.93. The number of fused-ring (bicyclic) bond motifs is 1. The number of para-hydroxylation sites is 1. The van der Waals surface area contributed by atoms with Gasteiger partial charge in [0.25, 0.3) is 11.8 Å². The minimum atomic E-state index is -1.16. The number of rotatable bonds is 8. The van der Waals surface area contributed by atoms with E-state index in [2.05, 4.69) is 15.6 Å². The van der Waals surface area contributed by atoms with Gasteiger partial charge in [-0.1, -0.05) is 42.8 Å². The van der Waals surface area contributed by atoms with E-state index in [0.717, 1.165) is 11.3 Å². The number of anilines is 1. The van der Waals surface area contributed by atoms with Crippen LogP contribution in [-0.2, 0) is 17.9 Å². The zero-order chi connectivity index (χ0) is 25.9. The molecule has 4 rings (SSSR count). The molecule has 1 unspecified atom stereocenters. The molecule has 0 saturated heterocycles. The van der Waals surface area contributed by atoms with Crippen LogP contribution in [0.3, 0.4) is 0 Å². The Morgan fingerprint density at radius 1 is 1.17 bits per heavy atom. The molecule has 1 atom stereocenters. The van der Waals surface area contributed by atoms with Crippen molar-refractivity contribution in [2.24, 2.45) is 0 Å². The average Bonchev–Trinajstić information content (AvgIpc) is 3.30. The first-order valence-electron chi connectivity index (χ1n) is 11.6. The maximum Gasteiger partial charge on any atom is 0.276 e. The maximum absolute atomic E-state index is 13.6. The quantitative estimate of drug-likeness (QED) is 0.481. The highest BCUT2D eigenvalue weighted by atomic mass is 35.5. The number of benzene rings is 2. The summed E-state index contributed by atoms with van der Waals surface area (Å²) in [5.74, 6) is -0.534. The summed E-state index contributed by atoms with van der Waals surface area (Å²) in [5.41, 5.74) is 0.292. The van der Waals surface area contributed by atoms with E-state index in [-0.39, 0.29) is 23.8 Å². The van der Waals surface area contributed by atoms with Crippen LogP contribution in [-0.4, -0.2) is 51.4 Å². The van der Waals surface area contributed by atoms with E-state index in [9.17, 15) is 14.4 Å². The van der Waals surface area contributed by atoms with Crippen molar-refractivity contribution in [3.63, 3.8) is 0 Å². The number of ether oxygens (including phenoxy) is 1. The minimum Gasteiger partial charge on any atom is -0.497 e. The predicted molar refractivity (Wildman–Crippen MR) is 136 cm³/mol. The van der Waals surface area contributed by atoms with Crippen molar-refractivity contribution in [3.05, 3.63) is 76.8 Å². The van der Waals surface area contributed by atoms with Gasteiger partial charge in [-0.2, -0.15) is 0 Å². The molecule has 3 aromatic rings. The second kappa shape index (κ2) is 10.4. The van der Waals surface area contributed by atoms with Crippen molar-refractivity contribution in [2.45, 2.75) is 38.9 Å². The third-order valence-electron chi connectivity index (χ3n) is 6.25. The Balaban J connectivity index is 1.57. The van der Waals surface area contributed by atoms with Gasteiger partial charge in [-0.3, -0.25) is 14.4 Å². The molecule has 188 valence electrons. The van der Waals surface area contributed by atoms with E-state index >= 15 is 0 Å². The third kappa shape index (κ3) is 4.79. The SMILES string of the molecule is CCCN1C(=O)c2c(C(=O)Nc3ccccc3Cl)ncn2CC1(C)C(=O)NCc1ccc(OC)cc1. The van der Waals surface area contributed by atoms with E-state index in [1.807, 2.05) is 31.2 Å². The Kier molecular flexibility index (Phi) is 7.30. The van der Waals surface area contributed by atoms with E-state index in [0.29, 0.717) is 30.2 Å². The van der Waals surface area contributed by atoms with Crippen LogP contribution in [0.15, 0.2) is 54.9 Å². The highest BCUT2D eigenvalue weighted by Crippen LogP contribution is 2.30. The van der Waals surface area contributed by atoms with Crippen molar-refractivity contribution >= 4 is 35.0 Å². The van der Waals surface area contributed by atoms with Crippen LogP contribution in [0.2, 0.25) is 5.02 Å². The van der Waals surface area contributed by atoms with Crippen LogP contribution in [0.1, 0.15) is 46.8 Å². The maximum atomic E-state index is 13.6. The standard InChI is InChI=1S/C26H28ClN5O4/c1-4-13-32-24(34)22-21(23(33)30-20-8-6-5-7-19(20)27)29-16-31(22)15-26(32,2)25(35)28-14-17-9-11-18(36-3)12-10-17/h5-12,16H,4,13-15H2,1-3H3,(H,28,35)(H,30,33). The van der Waals surface area contributed by atoms with Crippen LogP contribution in [0.5, 0.6) is 5.75 Å². The lowest BCUT2D eigenvalue weighted by Crippen LogP contribution is -2.64. The van der Waals surface area contributed by atoms with Gasteiger partial charge in [-0.15, -0.1) is 0 Å². The molecular formula is C26H28ClN5O4. The van der Waals surface area contributed by atoms with Gasteiger partial charge in [0.1, 0.15) is 17.0 Å². The lowest BCUT2D eigenvalue weighted by molar-refractivity contribution is -0.133. The summed E-state index contributed by atoms with van der Waals surface area (Å²) in [6.45, 7) is 4.47. The first-order chi connectivity index (χ1) is 17.3. The molecule has 0 radical (unpaired) electrons. The van der Waals surface area contributed by atoms with Crippen LogP contribution in [0.4, 0.5) is 5.69 Å². The number of nitrogens with zero attached hydrogens (tertiary/aromatic N) is 3. The molecule has 1 aliphatic rings. The third-order valence-corrected chi connectivity index (χ3v) is 6.57. The molecule has 10 heteroatoms. The molecule has 9 nitrogen and oxygen atoms in total. The van der Waals surface area contributed by atoms with Crippen molar-refractivity contribution in [1.82, 2.24) is 19.8 Å². The summed E-state index contributed by atoms with van der Waals surface area (Å²) in [7, 11) is 1.59. The number of carbonyl (C=O) groups is 3. The Bertz CT molecular complexity index is 1290. The number of methoxy groups -OCH3 is 1. The van der Waals surface area contributed by atoms with Gasteiger partial charge in [-0.25, -0.2) is 4.98 Å². The number of carbonyl (C=O) groups excluding carboxylic acids is 3. The topological polar surface area (TPSA) is 106 Å². The summed E-state index contributed by atoms with van der Waals surface area (Å²) >= 11 is 6.16. The van der Waals surface area contributed by atoms with E-state index in [1.165, 1.54) is 11.2 Å². The van der Waals surface area contributed by atoms with Gasteiger partial charge in [0.05, 0.1) is 30.7 Å². The number of halogens is 1. The summed E-state index contributed by atoms with van der Waals surface area (Å²) < 4.78 is 6.75. The van der Waals surface area contributed by atoms with Gasteiger partial charge >= 0.3 is 0 Å². The fourth-order valence-electron chi connectivity index (χ4n) is 4.29. The second-order valence-corrected chi connectivity index (χ2v) is 9.17. The van der Waals surface area contributed by atoms with E-state index < -0.39 is 17.4 Å². The number of nitrogens with one attached hydrogen (secondary N) is 2. The summed E-state index contributed by atoms with van der Waals surface area (Å²) in [5, 5.41) is 6.04. The Morgan fingerprint density at radius 3 is 2.56 bits per heavy atom. The zero-order valence-electron chi connectivity index (χ0n) is 20.4. The molecule has 2 N–H and O–H groups in total. The molecule has 0 fully saturated rings. The largest absolute Gasteiger partial charge is 0.497 e. The van der Waals surface area contributed by atoms with Crippen molar-refractivity contribution in [3.8, 4) is 5.75 Å². The monoisotopic (exact) mass is 509 g/mol. The van der Waals surface area contributed by atoms with E-state index in [4.69, 9.17) is 16.3 Å². The molecule has 0 aliphatic carbocycles. The fraction of sp³-hybridized carbons (Fsp3) is 0.308. The zero-order valence-corrected chi connectivity index (χ0v) is 21.1. The summed E-state index contributed by atoms with van der Waals surface area (Å²) in [4.78, 5) is 45.8. The van der Waals surface area contributed by atoms with Gasteiger partial charge in [0, 0.05) is 13.1 Å². The first kappa shape index (κ1) is 25.2. The molecule has 2 heterocycles. The van der Waals surface area contributed by atoms with Crippen LogP contribution in [0.25, 0.3) is 0 Å². The molecule has 36 heavy (non-hydrogen) atoms. The van der Waals surface area contributed by atoms with Crippen molar-refractivity contribution in [1.29, 1.82) is 0 Å². The van der Waals surface area contributed by atoms with Crippen LogP contribution >= 0.6 is 11.6 Å². The average molecular weight is 510 g/mol. The summed E-state index contributed by atoms with van der Waals surface area (Å²) in [6.07, 6.45) is 2.06. The molecule has 2 aromatic carbocycles. The molecule has 3 amide bonds. The number of amides is 3. The molecule has 1 aliphatic heterocycles. The lowest BCUT2D eigenvalue weighted by Gasteiger charge is -2.43. The summed E-state index contributed by atoms with van der Waals surface area (Å²) in [6, 6.07) is 14.2. The van der Waals surface area contributed by atoms with Gasteiger partial charge in [-0.05, 0) is 43.2 Å². The van der Waals surface area contributed by atoms with Gasteiger partial charge < -0.3 is 24.8 Å². The smallest absolute Gasteiger partial charge is 0.276 e. The number of aromatic nitrogens is 2. The normalized spacial score (nSPS) is 16.9. The molecule has 1 aromatic heterocycles. The van der Waals surface area contributed by atoms with Gasteiger partial charge in [0.15, 0.2) is 5.69 Å². The predicted octanol–water partition coefficient (Wildman–Crippen LogP) is 3.74. The Hall–Kier alpha value is -3.85. The number of hydrogen-bond donors (Lipinski definition) is 2. The van der Waals surface area contributed by atoms with Gasteiger partial charge in [0.2, 0.25) is 5.91 Å². The number of hydrogen-bond acceptors (Lipinski definition) is 5. The van der Waals surface area contributed by atoms with E-state index in [1.54, 1.807) is 42.9 Å². The van der Waals surface area contributed by atoms with Crippen LogP contribution in [0, 0.1) is 0 Å². The highest BCUT2D eigenvalue weighted by molar-refractivity contribution is 6.34. The number of imidazole rings is 1. The highest BCUT2D eigenvalue weighted by Gasteiger charge is 2.48. The molecule has 0 bridgehead atoms. The molecule has 0 saturated carbocycles. The van der Waals surface area contributed by atoms with Crippen molar-refractivity contribution in [2.75, 3.05) is 19.0 Å². The molecular weight excluding hydrogens is 482 g/mol. The first-order valence-corrected chi connectivity index (χ1v) is 12.0. The Morgan fingerprint density at radius 2 is 1.89 bits per heavy atom. The molecule has 0 spiro atoms. The fourth-order valence-corrected chi connectivity index (χ4v) is 4.47. The minimum absolute atomic E-state index is 0.0123. The van der Waals surface area contributed by atoms with Crippen LogP contribution < -0.4 is 15.4 Å². The second-order valence-electron chi connectivity index (χ2n) is 8.77.